The quantitative estimate of drug-likeness (QED) is 0.0725. The number of para-hydroxylation sites is 1. The van der Waals surface area contributed by atoms with Crippen LogP contribution in [0.2, 0.25) is 0 Å². The van der Waals surface area contributed by atoms with Crippen molar-refractivity contribution in [2.75, 3.05) is 18.5 Å². The summed E-state index contributed by atoms with van der Waals surface area (Å²) in [6, 6.07) is 16.6. The molecule has 2 heterocycles. The molecule has 0 aliphatic heterocycles. The fourth-order valence-electron chi connectivity index (χ4n) is 4.22. The zero-order valence-corrected chi connectivity index (χ0v) is 22.3. The van der Waals surface area contributed by atoms with E-state index in [0.29, 0.717) is 40.0 Å². The number of benzene rings is 3. The van der Waals surface area contributed by atoms with E-state index in [-0.39, 0.29) is 25.3 Å². The summed E-state index contributed by atoms with van der Waals surface area (Å²) < 4.78 is 63.2. The Balaban J connectivity index is 1.32. The predicted molar refractivity (Wildman–Crippen MR) is 147 cm³/mol. The van der Waals surface area contributed by atoms with Crippen LogP contribution in [0, 0.1) is 23.3 Å². The Morgan fingerprint density at radius 2 is 1.63 bits per heavy atom. The minimum Gasteiger partial charge on any atom is -0.457 e. The van der Waals surface area contributed by atoms with Gasteiger partial charge in [-0.15, -0.1) is 11.8 Å². The molecule has 0 saturated heterocycles. The van der Waals surface area contributed by atoms with E-state index in [4.69, 9.17) is 10.5 Å². The monoisotopic (exact) mass is 582 g/mol. The van der Waals surface area contributed by atoms with Crippen molar-refractivity contribution < 1.29 is 27.1 Å². The van der Waals surface area contributed by atoms with Gasteiger partial charge in [0.15, 0.2) is 28.9 Å². The van der Waals surface area contributed by atoms with Crippen molar-refractivity contribution in [3.8, 4) is 22.8 Å². The SMILES string of the molecule is CSc1c(F)c(F)c(F)c(F)c1C(=O)NCCCn1nc(-c2ccc(Oc3ccccc3)cc2)c2c(N)ncnc21. The van der Waals surface area contributed by atoms with E-state index in [2.05, 4.69) is 20.4 Å². The number of anilines is 1. The highest BCUT2D eigenvalue weighted by molar-refractivity contribution is 7.98. The molecule has 41 heavy (non-hydrogen) atoms. The Hall–Kier alpha value is -4.65. The van der Waals surface area contributed by atoms with Crippen molar-refractivity contribution in [1.29, 1.82) is 0 Å². The number of nitrogens with zero attached hydrogens (tertiary/aromatic N) is 4. The highest BCUT2D eigenvalue weighted by atomic mass is 32.2. The minimum atomic E-state index is -2.04. The summed E-state index contributed by atoms with van der Waals surface area (Å²) in [5, 5.41) is 7.62. The molecule has 2 aromatic heterocycles. The molecule has 0 spiro atoms. The fraction of sp³-hybridized carbons (Fsp3) is 0.143. The second-order valence-electron chi connectivity index (χ2n) is 8.74. The predicted octanol–water partition coefficient (Wildman–Crippen LogP) is 5.97. The van der Waals surface area contributed by atoms with Gasteiger partial charge in [-0.3, -0.25) is 4.79 Å². The smallest absolute Gasteiger partial charge is 0.255 e. The van der Waals surface area contributed by atoms with Crippen LogP contribution in [-0.4, -0.2) is 38.5 Å². The van der Waals surface area contributed by atoms with Crippen molar-refractivity contribution in [3.63, 3.8) is 0 Å². The number of nitrogens with one attached hydrogen (secondary N) is 1. The van der Waals surface area contributed by atoms with Gasteiger partial charge in [0.25, 0.3) is 5.91 Å². The maximum atomic E-state index is 14.3. The van der Waals surface area contributed by atoms with Crippen LogP contribution < -0.4 is 15.8 Å². The van der Waals surface area contributed by atoms with Crippen LogP contribution in [0.5, 0.6) is 11.5 Å². The third-order valence-electron chi connectivity index (χ3n) is 6.15. The standard InChI is InChI=1S/C28H22F4N6O2S/c1-41-25-18(20(29)21(30)22(31)23(25)32)28(39)34-12-5-13-38-27-19(26(33)35-14-36-27)24(37-38)15-8-10-17(11-9-15)40-16-6-3-2-4-7-16/h2-4,6-11,14H,5,12-13H2,1H3,(H,34,39)(H2,33,35,36). The van der Waals surface area contributed by atoms with Gasteiger partial charge >= 0.3 is 0 Å². The van der Waals surface area contributed by atoms with Gasteiger partial charge in [-0.1, -0.05) is 18.2 Å². The number of carbonyl (C=O) groups is 1. The number of thioether (sulfide) groups is 1. The third-order valence-corrected chi connectivity index (χ3v) is 6.94. The number of nitrogens with two attached hydrogens (primary N) is 1. The molecular formula is C28H22F4N6O2S. The van der Waals surface area contributed by atoms with E-state index in [9.17, 15) is 22.4 Å². The number of carbonyl (C=O) groups excluding carboxylic acids is 1. The number of amides is 1. The molecule has 0 unspecified atom stereocenters. The van der Waals surface area contributed by atoms with Crippen LogP contribution in [0.1, 0.15) is 16.8 Å². The molecule has 3 N–H and O–H groups in total. The first kappa shape index (κ1) is 27.9. The van der Waals surface area contributed by atoms with E-state index in [1.165, 1.54) is 12.6 Å². The molecule has 0 atom stereocenters. The van der Waals surface area contributed by atoms with Gasteiger partial charge < -0.3 is 15.8 Å². The average Bonchev–Trinajstić information content (AvgIpc) is 3.36. The fourth-order valence-corrected chi connectivity index (χ4v) is 4.87. The minimum absolute atomic E-state index is 0.00448. The van der Waals surface area contributed by atoms with Crippen molar-refractivity contribution in [2.45, 2.75) is 17.9 Å². The number of nitrogen functional groups attached to an aromatic ring is 1. The Kier molecular flexibility index (Phi) is 8.06. The topological polar surface area (TPSA) is 108 Å². The third kappa shape index (κ3) is 5.53. The average molecular weight is 583 g/mol. The van der Waals surface area contributed by atoms with Crippen LogP contribution in [-0.2, 0) is 6.54 Å². The van der Waals surface area contributed by atoms with Crippen molar-refractivity contribution in [3.05, 3.63) is 89.8 Å². The number of hydrogen-bond acceptors (Lipinski definition) is 7. The number of ether oxygens (including phenoxy) is 1. The summed E-state index contributed by atoms with van der Waals surface area (Å²) in [5.41, 5.74) is 7.02. The zero-order valence-electron chi connectivity index (χ0n) is 21.5. The number of halogens is 4. The summed E-state index contributed by atoms with van der Waals surface area (Å²) in [4.78, 5) is 20.4. The first-order chi connectivity index (χ1) is 19.8. The summed E-state index contributed by atoms with van der Waals surface area (Å²) in [6.45, 7) is 0.252. The second kappa shape index (κ2) is 11.8. The first-order valence-electron chi connectivity index (χ1n) is 12.3. The number of rotatable bonds is 9. The van der Waals surface area contributed by atoms with Crippen molar-refractivity contribution >= 4 is 34.5 Å². The Labute approximate surface area is 235 Å². The van der Waals surface area contributed by atoms with Crippen LogP contribution >= 0.6 is 11.8 Å². The molecule has 0 saturated carbocycles. The molecule has 3 aromatic carbocycles. The van der Waals surface area contributed by atoms with Gasteiger partial charge in [0.1, 0.15) is 29.3 Å². The van der Waals surface area contributed by atoms with Crippen LogP contribution in [0.15, 0.2) is 65.8 Å². The number of fused-ring (bicyclic) bond motifs is 1. The normalized spacial score (nSPS) is 11.1. The number of aryl methyl sites for hydroxylation is 1. The van der Waals surface area contributed by atoms with Gasteiger partial charge in [-0.05, 0) is 49.1 Å². The lowest BCUT2D eigenvalue weighted by Gasteiger charge is -2.12. The lowest BCUT2D eigenvalue weighted by Crippen LogP contribution is -2.28. The first-order valence-corrected chi connectivity index (χ1v) is 13.5. The molecule has 0 radical (unpaired) electrons. The Bertz CT molecular complexity index is 1730. The van der Waals surface area contributed by atoms with Crippen LogP contribution in [0.25, 0.3) is 22.3 Å². The van der Waals surface area contributed by atoms with Gasteiger partial charge in [0.2, 0.25) is 0 Å². The van der Waals surface area contributed by atoms with Gasteiger partial charge in [-0.2, -0.15) is 5.10 Å². The molecular weight excluding hydrogens is 560 g/mol. The zero-order chi connectivity index (χ0) is 29.1. The van der Waals surface area contributed by atoms with Crippen molar-refractivity contribution in [2.24, 2.45) is 0 Å². The lowest BCUT2D eigenvalue weighted by atomic mass is 10.1. The molecule has 210 valence electrons. The summed E-state index contributed by atoms with van der Waals surface area (Å²) in [5.74, 6) is -6.89. The molecule has 1 amide bonds. The van der Waals surface area contributed by atoms with E-state index < -0.39 is 39.6 Å². The van der Waals surface area contributed by atoms with E-state index in [0.717, 1.165) is 5.56 Å². The number of aromatic nitrogens is 4. The highest BCUT2D eigenvalue weighted by Gasteiger charge is 2.28. The largest absolute Gasteiger partial charge is 0.457 e. The summed E-state index contributed by atoms with van der Waals surface area (Å²) >= 11 is 0.597. The molecule has 0 aliphatic carbocycles. The molecule has 13 heteroatoms. The molecule has 0 aliphatic rings. The molecule has 5 aromatic rings. The van der Waals surface area contributed by atoms with Gasteiger partial charge in [0, 0.05) is 18.7 Å². The van der Waals surface area contributed by atoms with E-state index in [1.807, 2.05) is 42.5 Å². The Morgan fingerprint density at radius 1 is 0.951 bits per heavy atom. The van der Waals surface area contributed by atoms with Gasteiger partial charge in [-0.25, -0.2) is 32.2 Å². The Morgan fingerprint density at radius 3 is 2.34 bits per heavy atom. The molecule has 5 rings (SSSR count). The van der Waals surface area contributed by atoms with Crippen LogP contribution in [0.4, 0.5) is 23.4 Å². The number of hydrogen-bond donors (Lipinski definition) is 2. The second-order valence-corrected chi connectivity index (χ2v) is 9.56. The lowest BCUT2D eigenvalue weighted by molar-refractivity contribution is 0.0942. The summed E-state index contributed by atoms with van der Waals surface area (Å²) in [6.07, 6.45) is 2.92. The maximum Gasteiger partial charge on any atom is 0.255 e. The van der Waals surface area contributed by atoms with E-state index in [1.54, 1.807) is 16.8 Å². The highest BCUT2D eigenvalue weighted by Crippen LogP contribution is 2.33. The maximum absolute atomic E-state index is 14.3. The summed E-state index contributed by atoms with van der Waals surface area (Å²) in [7, 11) is 0. The van der Waals surface area contributed by atoms with Crippen LogP contribution in [0.3, 0.4) is 0 Å². The van der Waals surface area contributed by atoms with E-state index >= 15 is 0 Å². The molecule has 0 bridgehead atoms. The van der Waals surface area contributed by atoms with Crippen molar-refractivity contribution in [1.82, 2.24) is 25.1 Å². The van der Waals surface area contributed by atoms with Gasteiger partial charge in [0.05, 0.1) is 15.8 Å². The molecule has 8 nitrogen and oxygen atoms in total. The molecule has 0 fully saturated rings.